The topological polar surface area (TPSA) is 90.1 Å². The number of rotatable bonds is 5. The lowest BCUT2D eigenvalue weighted by atomic mass is 10.1. The van der Waals surface area contributed by atoms with Gasteiger partial charge >= 0.3 is 0 Å². The van der Waals surface area contributed by atoms with Gasteiger partial charge in [-0.15, -0.1) is 0 Å². The normalized spacial score (nSPS) is 11.8. The highest BCUT2D eigenvalue weighted by Gasteiger charge is 2.20. The Morgan fingerprint density at radius 3 is 2.76 bits per heavy atom. The van der Waals surface area contributed by atoms with Crippen molar-refractivity contribution in [3.63, 3.8) is 0 Å². The molecule has 2 aromatic heterocycles. The van der Waals surface area contributed by atoms with Crippen molar-refractivity contribution in [1.82, 2.24) is 14.7 Å². The number of nitrogens with zero attached hydrogens (tertiary/aromatic N) is 2. The van der Waals surface area contributed by atoms with Gasteiger partial charge in [0.2, 0.25) is 0 Å². The van der Waals surface area contributed by atoms with Gasteiger partial charge in [-0.3, -0.25) is 9.78 Å². The Morgan fingerprint density at radius 1 is 1.28 bits per heavy atom. The lowest BCUT2D eigenvalue weighted by Crippen LogP contribution is -2.26. The zero-order valence-electron chi connectivity index (χ0n) is 13.9. The number of pyridine rings is 1. The van der Waals surface area contributed by atoms with Crippen LogP contribution in [0.3, 0.4) is 0 Å². The van der Waals surface area contributed by atoms with Crippen molar-refractivity contribution in [3.05, 3.63) is 59.2 Å². The van der Waals surface area contributed by atoms with E-state index in [0.29, 0.717) is 16.3 Å². The fourth-order valence-corrected chi connectivity index (χ4v) is 3.16. The molecule has 6 nitrogen and oxygen atoms in total. The number of hydrogen-bond donors (Lipinski definition) is 2. The molecule has 128 valence electrons. The molecule has 7 heteroatoms. The highest BCUT2D eigenvalue weighted by molar-refractivity contribution is 7.09. The Labute approximate surface area is 149 Å². The standard InChI is InChI=1S/C18H18N4O2S/c1-11(13-4-3-5-14(10-13)24-2)21-18(23)17-15(19)16(22-25-17)12-6-8-20-9-7-12/h3-11H,19H2,1-2H3,(H,21,23). The molecule has 3 rings (SSSR count). The molecule has 1 atom stereocenters. The molecule has 1 unspecified atom stereocenters. The molecule has 3 aromatic rings. The van der Waals surface area contributed by atoms with Crippen molar-refractivity contribution in [1.29, 1.82) is 0 Å². The summed E-state index contributed by atoms with van der Waals surface area (Å²) in [4.78, 5) is 17.0. The van der Waals surface area contributed by atoms with Crippen LogP contribution in [-0.2, 0) is 0 Å². The number of nitrogen functional groups attached to an aromatic ring is 1. The maximum Gasteiger partial charge on any atom is 0.265 e. The first-order valence-electron chi connectivity index (χ1n) is 7.70. The average Bonchev–Trinajstić information content (AvgIpc) is 3.04. The number of ether oxygens (including phenoxy) is 1. The minimum Gasteiger partial charge on any atom is -0.497 e. The van der Waals surface area contributed by atoms with E-state index in [1.165, 1.54) is 0 Å². The third kappa shape index (κ3) is 3.61. The minimum absolute atomic E-state index is 0.187. The molecule has 0 bridgehead atoms. The number of nitrogens with two attached hydrogens (primary N) is 1. The number of amides is 1. The summed E-state index contributed by atoms with van der Waals surface area (Å²) in [6, 6.07) is 11.0. The SMILES string of the molecule is COc1cccc(C(C)NC(=O)c2snc(-c3ccncc3)c2N)c1. The van der Waals surface area contributed by atoms with Gasteiger partial charge in [0.1, 0.15) is 16.3 Å². The first-order chi connectivity index (χ1) is 12.1. The number of carbonyl (C=O) groups is 1. The van der Waals surface area contributed by atoms with Crippen LogP contribution in [-0.4, -0.2) is 22.4 Å². The maximum atomic E-state index is 12.6. The van der Waals surface area contributed by atoms with E-state index < -0.39 is 0 Å². The minimum atomic E-state index is -0.245. The van der Waals surface area contributed by atoms with Crippen LogP contribution in [0.4, 0.5) is 5.69 Å². The summed E-state index contributed by atoms with van der Waals surface area (Å²) in [6.07, 6.45) is 3.33. The van der Waals surface area contributed by atoms with E-state index in [1.54, 1.807) is 19.5 Å². The molecule has 0 radical (unpaired) electrons. The molecule has 0 spiro atoms. The number of aromatic nitrogens is 2. The second-order valence-electron chi connectivity index (χ2n) is 5.48. The first-order valence-corrected chi connectivity index (χ1v) is 8.48. The molecule has 0 aliphatic heterocycles. The fourth-order valence-electron chi connectivity index (χ4n) is 2.44. The van der Waals surface area contributed by atoms with E-state index in [-0.39, 0.29) is 11.9 Å². The summed E-state index contributed by atoms with van der Waals surface area (Å²) in [5, 5.41) is 2.95. The summed E-state index contributed by atoms with van der Waals surface area (Å²) >= 11 is 1.09. The fraction of sp³-hybridized carbons (Fsp3) is 0.167. The molecule has 1 amide bonds. The Bertz CT molecular complexity index is 880. The van der Waals surface area contributed by atoms with Gasteiger partial charge in [0, 0.05) is 18.0 Å². The van der Waals surface area contributed by atoms with Gasteiger partial charge in [0.05, 0.1) is 18.8 Å². The molecule has 0 aliphatic rings. The molecule has 3 N–H and O–H groups in total. The Morgan fingerprint density at radius 2 is 2.04 bits per heavy atom. The maximum absolute atomic E-state index is 12.6. The van der Waals surface area contributed by atoms with Crippen molar-refractivity contribution < 1.29 is 9.53 Å². The van der Waals surface area contributed by atoms with Crippen LogP contribution in [0.1, 0.15) is 28.2 Å². The van der Waals surface area contributed by atoms with Gasteiger partial charge < -0.3 is 15.8 Å². The lowest BCUT2D eigenvalue weighted by Gasteiger charge is -2.14. The second kappa shape index (κ2) is 7.31. The molecular weight excluding hydrogens is 336 g/mol. The van der Waals surface area contributed by atoms with E-state index in [1.807, 2.05) is 43.3 Å². The molecule has 0 fully saturated rings. The molecule has 0 aliphatic carbocycles. The zero-order chi connectivity index (χ0) is 17.8. The van der Waals surface area contributed by atoms with Crippen molar-refractivity contribution >= 4 is 23.1 Å². The molecule has 25 heavy (non-hydrogen) atoms. The highest BCUT2D eigenvalue weighted by Crippen LogP contribution is 2.30. The van der Waals surface area contributed by atoms with Crippen LogP contribution in [0.25, 0.3) is 11.3 Å². The number of anilines is 1. The number of hydrogen-bond acceptors (Lipinski definition) is 6. The Hall–Kier alpha value is -2.93. The first kappa shape index (κ1) is 16.9. The second-order valence-corrected chi connectivity index (χ2v) is 6.26. The zero-order valence-corrected chi connectivity index (χ0v) is 14.7. The Kier molecular flexibility index (Phi) is 4.95. The summed E-state index contributed by atoms with van der Waals surface area (Å²) < 4.78 is 9.54. The third-order valence-corrected chi connectivity index (χ3v) is 4.69. The molecule has 2 heterocycles. The van der Waals surface area contributed by atoms with Crippen LogP contribution < -0.4 is 15.8 Å². The average molecular weight is 354 g/mol. The summed E-state index contributed by atoms with van der Waals surface area (Å²) in [5.41, 5.74) is 8.91. The molecule has 0 saturated carbocycles. The summed E-state index contributed by atoms with van der Waals surface area (Å²) in [7, 11) is 1.61. The van der Waals surface area contributed by atoms with Gasteiger partial charge in [-0.25, -0.2) is 0 Å². The van der Waals surface area contributed by atoms with Crippen LogP contribution in [0.15, 0.2) is 48.8 Å². The van der Waals surface area contributed by atoms with Gasteiger partial charge in [0.15, 0.2) is 0 Å². The lowest BCUT2D eigenvalue weighted by molar-refractivity contribution is 0.0944. The predicted molar refractivity (Wildman–Crippen MR) is 98.6 cm³/mol. The van der Waals surface area contributed by atoms with Gasteiger partial charge in [0.25, 0.3) is 5.91 Å². The third-order valence-electron chi connectivity index (χ3n) is 3.83. The number of benzene rings is 1. The van der Waals surface area contributed by atoms with Crippen molar-refractivity contribution in [2.75, 3.05) is 12.8 Å². The summed E-state index contributed by atoms with van der Waals surface area (Å²) in [5.74, 6) is 0.501. The van der Waals surface area contributed by atoms with Crippen molar-refractivity contribution in [2.45, 2.75) is 13.0 Å². The van der Waals surface area contributed by atoms with Crippen LogP contribution >= 0.6 is 11.5 Å². The van der Waals surface area contributed by atoms with Crippen LogP contribution in [0, 0.1) is 0 Å². The molecule has 1 aromatic carbocycles. The van der Waals surface area contributed by atoms with E-state index >= 15 is 0 Å². The van der Waals surface area contributed by atoms with E-state index in [0.717, 1.165) is 28.4 Å². The van der Waals surface area contributed by atoms with Gasteiger partial charge in [-0.1, -0.05) is 12.1 Å². The van der Waals surface area contributed by atoms with Crippen molar-refractivity contribution in [3.8, 4) is 17.0 Å². The molecular formula is C18H18N4O2S. The van der Waals surface area contributed by atoms with Gasteiger partial charge in [-0.05, 0) is 48.3 Å². The van der Waals surface area contributed by atoms with E-state index in [4.69, 9.17) is 10.5 Å². The van der Waals surface area contributed by atoms with Crippen molar-refractivity contribution in [2.24, 2.45) is 0 Å². The number of nitrogens with one attached hydrogen (secondary N) is 1. The molecule has 0 saturated heterocycles. The summed E-state index contributed by atoms with van der Waals surface area (Å²) in [6.45, 7) is 1.91. The van der Waals surface area contributed by atoms with E-state index in [2.05, 4.69) is 14.7 Å². The monoisotopic (exact) mass is 354 g/mol. The Balaban J connectivity index is 1.78. The number of methoxy groups -OCH3 is 1. The number of carbonyl (C=O) groups excluding carboxylic acids is 1. The van der Waals surface area contributed by atoms with Crippen LogP contribution in [0.2, 0.25) is 0 Å². The quantitative estimate of drug-likeness (QED) is 0.734. The smallest absolute Gasteiger partial charge is 0.265 e. The predicted octanol–water partition coefficient (Wildman–Crippen LogP) is 3.29. The van der Waals surface area contributed by atoms with Crippen LogP contribution in [0.5, 0.6) is 5.75 Å². The van der Waals surface area contributed by atoms with E-state index in [9.17, 15) is 4.79 Å². The highest BCUT2D eigenvalue weighted by atomic mass is 32.1. The van der Waals surface area contributed by atoms with Gasteiger partial charge in [-0.2, -0.15) is 4.37 Å². The largest absolute Gasteiger partial charge is 0.497 e.